The van der Waals surface area contributed by atoms with Crippen molar-refractivity contribution in [3.63, 3.8) is 0 Å². The molecule has 0 amide bonds. The maximum atomic E-state index is 6.51. The second-order valence-electron chi connectivity index (χ2n) is 12.3. The number of benzene rings is 8. The summed E-state index contributed by atoms with van der Waals surface area (Å²) in [5.41, 5.74) is 5.12. The van der Waals surface area contributed by atoms with Crippen LogP contribution in [0.4, 0.5) is 0 Å². The van der Waals surface area contributed by atoms with Crippen molar-refractivity contribution in [3.8, 4) is 45.6 Å². The van der Waals surface area contributed by atoms with Gasteiger partial charge in [0.1, 0.15) is 5.52 Å². The standard InChI is InChI=1S/C44H26N4O/c1-2-11-31(12-3-1)44-45-38-24-23-30-14-8-16-36(39(30)40(38)49-44)43-47-41(33-21-17-27-9-4-5-13-32(27)25-33)46-42(48-43)34-22-20-29-19-18-28-10-6-7-15-35(28)37(29)26-34/h1-26H. The molecule has 0 atom stereocenters. The molecule has 2 heterocycles. The van der Waals surface area contributed by atoms with Crippen LogP contribution in [-0.4, -0.2) is 19.9 Å². The summed E-state index contributed by atoms with van der Waals surface area (Å²) in [5.74, 6) is 2.36. The fourth-order valence-electron chi connectivity index (χ4n) is 6.87. The number of oxazole rings is 1. The van der Waals surface area contributed by atoms with Crippen LogP contribution < -0.4 is 0 Å². The second kappa shape index (κ2) is 10.9. The zero-order chi connectivity index (χ0) is 32.3. The smallest absolute Gasteiger partial charge is 0.227 e. The Labute approximate surface area is 281 Å². The highest BCUT2D eigenvalue weighted by atomic mass is 16.3. The van der Waals surface area contributed by atoms with E-state index < -0.39 is 0 Å². The van der Waals surface area contributed by atoms with Crippen LogP contribution in [0, 0.1) is 0 Å². The Morgan fingerprint density at radius 2 is 0.980 bits per heavy atom. The van der Waals surface area contributed by atoms with Crippen LogP contribution in [0.3, 0.4) is 0 Å². The first-order chi connectivity index (χ1) is 24.2. The summed E-state index contributed by atoms with van der Waals surface area (Å²) >= 11 is 0. The summed E-state index contributed by atoms with van der Waals surface area (Å²) < 4.78 is 6.51. The minimum atomic E-state index is 0.571. The predicted octanol–water partition coefficient (Wildman–Crippen LogP) is 11.3. The molecule has 0 radical (unpaired) electrons. The van der Waals surface area contributed by atoms with Gasteiger partial charge in [0.15, 0.2) is 23.1 Å². The molecule has 0 aliphatic carbocycles. The normalized spacial score (nSPS) is 11.7. The molecule has 10 aromatic rings. The van der Waals surface area contributed by atoms with E-state index in [0.29, 0.717) is 28.9 Å². The van der Waals surface area contributed by atoms with E-state index in [2.05, 4.69) is 115 Å². The fourth-order valence-corrected chi connectivity index (χ4v) is 6.87. The van der Waals surface area contributed by atoms with Gasteiger partial charge in [-0.05, 0) is 68.0 Å². The van der Waals surface area contributed by atoms with Crippen LogP contribution in [0.2, 0.25) is 0 Å². The zero-order valence-corrected chi connectivity index (χ0v) is 26.2. The minimum absolute atomic E-state index is 0.571. The van der Waals surface area contributed by atoms with Crippen molar-refractivity contribution >= 4 is 54.2 Å². The van der Waals surface area contributed by atoms with Gasteiger partial charge in [0, 0.05) is 27.6 Å². The second-order valence-corrected chi connectivity index (χ2v) is 12.3. The maximum absolute atomic E-state index is 6.51. The average Bonchev–Trinajstić information content (AvgIpc) is 3.62. The van der Waals surface area contributed by atoms with Gasteiger partial charge in [-0.1, -0.05) is 127 Å². The minimum Gasteiger partial charge on any atom is -0.435 e. The van der Waals surface area contributed by atoms with E-state index in [1.807, 2.05) is 42.5 Å². The summed E-state index contributed by atoms with van der Waals surface area (Å²) in [7, 11) is 0. The van der Waals surface area contributed by atoms with E-state index in [1.165, 1.54) is 16.2 Å². The molecule has 0 spiro atoms. The summed E-state index contributed by atoms with van der Waals surface area (Å²) in [6.07, 6.45) is 0. The van der Waals surface area contributed by atoms with Crippen LogP contribution >= 0.6 is 0 Å². The molecule has 0 aliphatic rings. The van der Waals surface area contributed by atoms with Crippen molar-refractivity contribution in [2.75, 3.05) is 0 Å². The molecule has 0 N–H and O–H groups in total. The molecule has 0 unspecified atom stereocenters. The van der Waals surface area contributed by atoms with Gasteiger partial charge in [-0.3, -0.25) is 0 Å². The molecule has 0 bridgehead atoms. The summed E-state index contributed by atoms with van der Waals surface area (Å²) in [6, 6.07) is 54.2. The Hall–Kier alpha value is -6.72. The molecule has 0 saturated heterocycles. The van der Waals surface area contributed by atoms with Crippen molar-refractivity contribution in [3.05, 3.63) is 158 Å². The molecule has 10 rings (SSSR count). The van der Waals surface area contributed by atoms with E-state index in [9.17, 15) is 0 Å². The largest absolute Gasteiger partial charge is 0.435 e. The highest BCUT2D eigenvalue weighted by molar-refractivity contribution is 6.11. The number of fused-ring (bicyclic) bond motifs is 7. The van der Waals surface area contributed by atoms with E-state index in [-0.39, 0.29) is 0 Å². The van der Waals surface area contributed by atoms with E-state index in [4.69, 9.17) is 24.4 Å². The Morgan fingerprint density at radius 3 is 1.82 bits per heavy atom. The highest BCUT2D eigenvalue weighted by Gasteiger charge is 2.19. The van der Waals surface area contributed by atoms with Gasteiger partial charge in [-0.25, -0.2) is 19.9 Å². The Kier molecular flexibility index (Phi) is 6.11. The summed E-state index contributed by atoms with van der Waals surface area (Å²) in [4.78, 5) is 20.3. The molecular formula is C44H26N4O. The van der Waals surface area contributed by atoms with Crippen LogP contribution in [0.1, 0.15) is 0 Å². The third-order valence-electron chi connectivity index (χ3n) is 9.31. The quantitative estimate of drug-likeness (QED) is 0.182. The number of nitrogens with zero attached hydrogens (tertiary/aromatic N) is 4. The summed E-state index contributed by atoms with van der Waals surface area (Å²) in [6.45, 7) is 0. The van der Waals surface area contributed by atoms with Crippen LogP contribution in [-0.2, 0) is 0 Å². The number of rotatable bonds is 4. The van der Waals surface area contributed by atoms with Crippen LogP contribution in [0.25, 0.3) is 99.8 Å². The van der Waals surface area contributed by atoms with Crippen molar-refractivity contribution in [1.29, 1.82) is 0 Å². The molecule has 5 heteroatoms. The van der Waals surface area contributed by atoms with Gasteiger partial charge >= 0.3 is 0 Å². The van der Waals surface area contributed by atoms with Gasteiger partial charge < -0.3 is 4.42 Å². The Balaban J connectivity index is 1.23. The lowest BCUT2D eigenvalue weighted by atomic mass is 9.99. The number of aromatic nitrogens is 4. The first-order valence-electron chi connectivity index (χ1n) is 16.3. The van der Waals surface area contributed by atoms with E-state index in [1.54, 1.807) is 0 Å². The third-order valence-corrected chi connectivity index (χ3v) is 9.31. The molecule has 8 aromatic carbocycles. The lowest BCUT2D eigenvalue weighted by Gasteiger charge is -2.12. The molecule has 0 fully saturated rings. The molecule has 2 aromatic heterocycles. The van der Waals surface area contributed by atoms with Gasteiger partial charge in [-0.15, -0.1) is 0 Å². The summed E-state index contributed by atoms with van der Waals surface area (Å²) in [5, 5.41) is 8.95. The van der Waals surface area contributed by atoms with Gasteiger partial charge in [0.05, 0.1) is 0 Å². The lowest BCUT2D eigenvalue weighted by molar-refractivity contribution is 0.623. The number of hydrogen-bond acceptors (Lipinski definition) is 5. The molecule has 228 valence electrons. The van der Waals surface area contributed by atoms with Crippen LogP contribution in [0.15, 0.2) is 162 Å². The monoisotopic (exact) mass is 626 g/mol. The Morgan fingerprint density at radius 1 is 0.367 bits per heavy atom. The van der Waals surface area contributed by atoms with Gasteiger partial charge in [-0.2, -0.15) is 0 Å². The molecular weight excluding hydrogens is 601 g/mol. The molecule has 49 heavy (non-hydrogen) atoms. The molecule has 0 saturated carbocycles. The molecule has 5 nitrogen and oxygen atoms in total. The lowest BCUT2D eigenvalue weighted by Crippen LogP contribution is -2.01. The van der Waals surface area contributed by atoms with E-state index in [0.717, 1.165) is 54.7 Å². The van der Waals surface area contributed by atoms with Crippen molar-refractivity contribution in [1.82, 2.24) is 19.9 Å². The zero-order valence-electron chi connectivity index (χ0n) is 26.2. The first-order valence-corrected chi connectivity index (χ1v) is 16.3. The van der Waals surface area contributed by atoms with Gasteiger partial charge in [0.2, 0.25) is 5.89 Å². The third kappa shape index (κ3) is 4.63. The predicted molar refractivity (Wildman–Crippen MR) is 199 cm³/mol. The SMILES string of the molecule is c1ccc(-c2nc3ccc4cccc(-c5nc(-c6ccc7ccccc7c6)nc(-c6ccc7ccc8ccccc8c7c6)n5)c4c3o2)cc1. The van der Waals surface area contributed by atoms with Crippen LogP contribution in [0.5, 0.6) is 0 Å². The average molecular weight is 627 g/mol. The topological polar surface area (TPSA) is 64.7 Å². The van der Waals surface area contributed by atoms with Crippen molar-refractivity contribution in [2.24, 2.45) is 0 Å². The first kappa shape index (κ1) is 27.4. The van der Waals surface area contributed by atoms with E-state index >= 15 is 0 Å². The molecule has 0 aliphatic heterocycles. The number of hydrogen-bond donors (Lipinski definition) is 0. The van der Waals surface area contributed by atoms with Crippen molar-refractivity contribution < 1.29 is 4.42 Å². The Bertz CT molecular complexity index is 2890. The van der Waals surface area contributed by atoms with Gasteiger partial charge in [0.25, 0.3) is 0 Å². The maximum Gasteiger partial charge on any atom is 0.227 e. The van der Waals surface area contributed by atoms with Crippen molar-refractivity contribution in [2.45, 2.75) is 0 Å². The fraction of sp³-hybridized carbons (Fsp3) is 0. The highest BCUT2D eigenvalue weighted by Crippen LogP contribution is 2.37.